The Kier molecular flexibility index (Phi) is 7.48. The monoisotopic (exact) mass is 236 g/mol. The summed E-state index contributed by atoms with van der Waals surface area (Å²) in [6.45, 7) is 0.996. The van der Waals surface area contributed by atoms with Crippen LogP contribution in [-0.4, -0.2) is 67.8 Å². The van der Waals surface area contributed by atoms with Crippen LogP contribution in [0.15, 0.2) is 12.2 Å². The summed E-state index contributed by atoms with van der Waals surface area (Å²) in [5.41, 5.74) is 0. The molecule has 0 heterocycles. The number of rotatable bonds is 7. The van der Waals surface area contributed by atoms with Crippen molar-refractivity contribution in [2.75, 3.05) is 6.61 Å². The van der Waals surface area contributed by atoms with Crippen molar-refractivity contribution in [1.82, 2.24) is 0 Å². The Labute approximate surface area is 94.1 Å². The van der Waals surface area contributed by atoms with Gasteiger partial charge in [-0.05, 0) is 13.3 Å². The molecule has 0 rings (SSSR count). The first-order valence-corrected chi connectivity index (χ1v) is 5.08. The van der Waals surface area contributed by atoms with Crippen LogP contribution < -0.4 is 0 Å². The fourth-order valence-corrected chi connectivity index (χ4v) is 1.18. The standard InChI is InChI=1S/C10H20O6/c1-2-3-4-6(12)8(14)10(16)9(15)7(13)5-11/h2-3,6-16H,4-5H2,1H3/b3-2+/t6?,7-,8+,9-,10-/m1/s1. The lowest BCUT2D eigenvalue weighted by molar-refractivity contribution is -0.139. The molecule has 0 aliphatic heterocycles. The Morgan fingerprint density at radius 3 is 1.81 bits per heavy atom. The average Bonchev–Trinajstić information content (AvgIpc) is 2.31. The van der Waals surface area contributed by atoms with E-state index in [1.54, 1.807) is 19.1 Å². The second kappa shape index (κ2) is 7.72. The van der Waals surface area contributed by atoms with Crippen molar-refractivity contribution in [2.45, 2.75) is 43.9 Å². The summed E-state index contributed by atoms with van der Waals surface area (Å²) < 4.78 is 0. The molecule has 6 nitrogen and oxygen atoms in total. The van der Waals surface area contributed by atoms with Gasteiger partial charge in [0, 0.05) is 0 Å². The number of hydrogen-bond donors (Lipinski definition) is 6. The van der Waals surface area contributed by atoms with Crippen LogP contribution >= 0.6 is 0 Å². The highest BCUT2D eigenvalue weighted by Gasteiger charge is 2.33. The van der Waals surface area contributed by atoms with Crippen LogP contribution in [0.5, 0.6) is 0 Å². The van der Waals surface area contributed by atoms with E-state index in [4.69, 9.17) is 10.2 Å². The Balaban J connectivity index is 4.29. The zero-order valence-electron chi connectivity index (χ0n) is 9.14. The first-order chi connectivity index (χ1) is 7.45. The number of allylic oxidation sites excluding steroid dienone is 1. The Bertz CT molecular complexity index is 207. The average molecular weight is 236 g/mol. The number of hydrogen-bond acceptors (Lipinski definition) is 6. The van der Waals surface area contributed by atoms with Gasteiger partial charge in [0.25, 0.3) is 0 Å². The largest absolute Gasteiger partial charge is 0.394 e. The van der Waals surface area contributed by atoms with Crippen molar-refractivity contribution in [3.63, 3.8) is 0 Å². The van der Waals surface area contributed by atoms with Gasteiger partial charge in [-0.1, -0.05) is 12.2 Å². The number of aliphatic hydroxyl groups excluding tert-OH is 6. The van der Waals surface area contributed by atoms with Crippen molar-refractivity contribution in [3.05, 3.63) is 12.2 Å². The fourth-order valence-electron chi connectivity index (χ4n) is 1.18. The van der Waals surface area contributed by atoms with Crippen LogP contribution in [-0.2, 0) is 0 Å². The van der Waals surface area contributed by atoms with Crippen LogP contribution in [0.3, 0.4) is 0 Å². The van der Waals surface area contributed by atoms with Crippen LogP contribution in [0.2, 0.25) is 0 Å². The van der Waals surface area contributed by atoms with Gasteiger partial charge in [-0.25, -0.2) is 0 Å². The van der Waals surface area contributed by atoms with Gasteiger partial charge in [0.2, 0.25) is 0 Å². The summed E-state index contributed by atoms with van der Waals surface area (Å²) in [4.78, 5) is 0. The molecule has 0 aromatic heterocycles. The molecule has 0 bridgehead atoms. The van der Waals surface area contributed by atoms with E-state index in [2.05, 4.69) is 0 Å². The Hall–Kier alpha value is -0.500. The zero-order valence-corrected chi connectivity index (χ0v) is 9.14. The van der Waals surface area contributed by atoms with Crippen LogP contribution in [0, 0.1) is 0 Å². The van der Waals surface area contributed by atoms with E-state index in [9.17, 15) is 20.4 Å². The van der Waals surface area contributed by atoms with Gasteiger partial charge in [0.15, 0.2) is 0 Å². The molecule has 6 N–H and O–H groups in total. The molecule has 0 saturated heterocycles. The minimum absolute atomic E-state index is 0.122. The third-order valence-corrected chi connectivity index (χ3v) is 2.29. The highest BCUT2D eigenvalue weighted by molar-refractivity contribution is 4.89. The Morgan fingerprint density at radius 2 is 1.38 bits per heavy atom. The molecule has 0 aliphatic carbocycles. The maximum absolute atomic E-state index is 9.44. The summed E-state index contributed by atoms with van der Waals surface area (Å²) >= 11 is 0. The lowest BCUT2D eigenvalue weighted by atomic mass is 9.98. The first-order valence-electron chi connectivity index (χ1n) is 5.08. The summed E-state index contributed by atoms with van der Waals surface area (Å²) in [6, 6.07) is 0. The maximum Gasteiger partial charge on any atom is 0.111 e. The quantitative estimate of drug-likeness (QED) is 0.278. The maximum atomic E-state index is 9.44. The second-order valence-corrected chi connectivity index (χ2v) is 3.59. The lowest BCUT2D eigenvalue weighted by Crippen LogP contribution is -2.49. The SMILES string of the molecule is C/C=C/CC(O)[C@H](O)[C@@H](O)[C@H](O)[C@H](O)CO. The van der Waals surface area contributed by atoms with E-state index in [1.165, 1.54) is 0 Å². The molecule has 0 amide bonds. The summed E-state index contributed by atoms with van der Waals surface area (Å²) in [6.07, 6.45) is -4.44. The topological polar surface area (TPSA) is 121 Å². The van der Waals surface area contributed by atoms with E-state index in [0.29, 0.717) is 0 Å². The van der Waals surface area contributed by atoms with Gasteiger partial charge >= 0.3 is 0 Å². The van der Waals surface area contributed by atoms with Gasteiger partial charge in [-0.3, -0.25) is 0 Å². The predicted octanol–water partition coefficient (Wildman–Crippen LogP) is -2.25. The zero-order chi connectivity index (χ0) is 12.7. The second-order valence-electron chi connectivity index (χ2n) is 3.59. The molecule has 0 fully saturated rings. The number of aliphatic hydroxyl groups is 6. The third kappa shape index (κ3) is 4.56. The minimum Gasteiger partial charge on any atom is -0.394 e. The van der Waals surface area contributed by atoms with Crippen LogP contribution in [0.1, 0.15) is 13.3 Å². The van der Waals surface area contributed by atoms with Crippen molar-refractivity contribution in [1.29, 1.82) is 0 Å². The van der Waals surface area contributed by atoms with Gasteiger partial charge in [0.05, 0.1) is 12.7 Å². The molecule has 6 heteroatoms. The molecule has 0 aromatic carbocycles. The van der Waals surface area contributed by atoms with E-state index < -0.39 is 37.1 Å². The molecule has 16 heavy (non-hydrogen) atoms. The predicted molar refractivity (Wildman–Crippen MR) is 56.6 cm³/mol. The molecule has 1 unspecified atom stereocenters. The van der Waals surface area contributed by atoms with E-state index in [0.717, 1.165) is 0 Å². The van der Waals surface area contributed by atoms with Crippen molar-refractivity contribution in [2.24, 2.45) is 0 Å². The highest BCUT2D eigenvalue weighted by atomic mass is 16.4. The summed E-state index contributed by atoms with van der Waals surface area (Å²) in [5, 5.41) is 55.1. The minimum atomic E-state index is -1.72. The van der Waals surface area contributed by atoms with Gasteiger partial charge in [0.1, 0.15) is 24.4 Å². The third-order valence-electron chi connectivity index (χ3n) is 2.29. The van der Waals surface area contributed by atoms with Crippen molar-refractivity contribution in [3.8, 4) is 0 Å². The Morgan fingerprint density at radius 1 is 0.875 bits per heavy atom. The summed E-state index contributed by atoms with van der Waals surface area (Å²) in [7, 11) is 0. The molecule has 0 aromatic rings. The normalized spacial score (nSPS) is 21.7. The highest BCUT2D eigenvalue weighted by Crippen LogP contribution is 2.10. The summed E-state index contributed by atoms with van der Waals surface area (Å²) in [5.74, 6) is 0. The van der Waals surface area contributed by atoms with E-state index in [1.807, 2.05) is 0 Å². The molecule has 0 saturated carbocycles. The van der Waals surface area contributed by atoms with Gasteiger partial charge < -0.3 is 30.6 Å². The molecule has 0 radical (unpaired) electrons. The van der Waals surface area contributed by atoms with E-state index in [-0.39, 0.29) is 6.42 Å². The van der Waals surface area contributed by atoms with Gasteiger partial charge in [-0.2, -0.15) is 0 Å². The molecular formula is C10H20O6. The van der Waals surface area contributed by atoms with Crippen molar-refractivity contribution < 1.29 is 30.6 Å². The smallest absolute Gasteiger partial charge is 0.111 e. The molecule has 0 aliphatic rings. The molecule has 5 atom stereocenters. The molecule has 0 spiro atoms. The van der Waals surface area contributed by atoms with Gasteiger partial charge in [-0.15, -0.1) is 0 Å². The lowest BCUT2D eigenvalue weighted by Gasteiger charge is -2.28. The fraction of sp³-hybridized carbons (Fsp3) is 0.800. The molecular weight excluding hydrogens is 216 g/mol. The van der Waals surface area contributed by atoms with Crippen molar-refractivity contribution >= 4 is 0 Å². The van der Waals surface area contributed by atoms with Crippen LogP contribution in [0.4, 0.5) is 0 Å². The van der Waals surface area contributed by atoms with E-state index >= 15 is 0 Å². The molecule has 96 valence electrons. The first kappa shape index (κ1) is 15.5. The van der Waals surface area contributed by atoms with Crippen LogP contribution in [0.25, 0.3) is 0 Å².